The molecule has 2 N–H and O–H groups in total. The molecule has 4 nitrogen and oxygen atoms in total. The molecule has 2 aromatic heterocycles. The summed E-state index contributed by atoms with van der Waals surface area (Å²) >= 11 is 0. The lowest BCUT2D eigenvalue weighted by atomic mass is 10.3. The molecule has 15 heavy (non-hydrogen) atoms. The van der Waals surface area contributed by atoms with E-state index >= 15 is 0 Å². The molecule has 2 heterocycles. The third-order valence-electron chi connectivity index (χ3n) is 2.18. The lowest BCUT2D eigenvalue weighted by Crippen LogP contribution is -2.18. The smallest absolute Gasteiger partial charge is 0.151 e. The van der Waals surface area contributed by atoms with Gasteiger partial charge in [-0.3, -0.25) is 0 Å². The monoisotopic (exact) mass is 203 g/mol. The SMILES string of the molecule is CN(Cc1ccoc1)c1ncccc1N. The predicted octanol–water partition coefficient (Wildman–Crippen LogP) is 1.89. The van der Waals surface area contributed by atoms with E-state index in [0.717, 1.165) is 17.9 Å². The minimum absolute atomic E-state index is 0.684. The van der Waals surface area contributed by atoms with Crippen molar-refractivity contribution in [1.82, 2.24) is 4.98 Å². The molecular formula is C11H13N3O. The van der Waals surface area contributed by atoms with Crippen molar-refractivity contribution in [3.8, 4) is 0 Å². The third-order valence-corrected chi connectivity index (χ3v) is 2.18. The van der Waals surface area contributed by atoms with Gasteiger partial charge in [0.1, 0.15) is 0 Å². The lowest BCUT2D eigenvalue weighted by molar-refractivity contribution is 0.563. The Morgan fingerprint density at radius 3 is 3.00 bits per heavy atom. The van der Waals surface area contributed by atoms with E-state index in [1.165, 1.54) is 0 Å². The van der Waals surface area contributed by atoms with Crippen molar-refractivity contribution in [3.63, 3.8) is 0 Å². The Hall–Kier alpha value is -1.97. The largest absolute Gasteiger partial charge is 0.472 e. The molecule has 0 fully saturated rings. The average Bonchev–Trinajstić information content (AvgIpc) is 2.71. The molecule has 0 saturated heterocycles. The van der Waals surface area contributed by atoms with Crippen LogP contribution in [-0.2, 0) is 6.54 Å². The molecule has 0 bridgehead atoms. The fraction of sp³-hybridized carbons (Fsp3) is 0.182. The molecule has 0 aliphatic heterocycles. The number of pyridine rings is 1. The van der Waals surface area contributed by atoms with Crippen molar-refractivity contribution >= 4 is 11.5 Å². The van der Waals surface area contributed by atoms with Crippen LogP contribution in [0.2, 0.25) is 0 Å². The summed E-state index contributed by atoms with van der Waals surface area (Å²) in [5.41, 5.74) is 7.61. The number of nitrogens with zero attached hydrogens (tertiary/aromatic N) is 2. The summed E-state index contributed by atoms with van der Waals surface area (Å²) in [7, 11) is 1.95. The number of furan rings is 1. The second-order valence-corrected chi connectivity index (χ2v) is 3.40. The molecule has 78 valence electrons. The zero-order valence-electron chi connectivity index (χ0n) is 8.55. The molecule has 0 unspecified atom stereocenters. The van der Waals surface area contributed by atoms with Gasteiger partial charge >= 0.3 is 0 Å². The van der Waals surface area contributed by atoms with Crippen molar-refractivity contribution in [2.24, 2.45) is 0 Å². The van der Waals surface area contributed by atoms with E-state index in [4.69, 9.17) is 10.2 Å². The van der Waals surface area contributed by atoms with Gasteiger partial charge < -0.3 is 15.1 Å². The second-order valence-electron chi connectivity index (χ2n) is 3.40. The third kappa shape index (κ3) is 2.10. The zero-order valence-corrected chi connectivity index (χ0v) is 8.55. The van der Waals surface area contributed by atoms with Gasteiger partial charge in [0, 0.05) is 25.4 Å². The van der Waals surface area contributed by atoms with Crippen molar-refractivity contribution in [2.45, 2.75) is 6.54 Å². The zero-order chi connectivity index (χ0) is 10.7. The molecule has 0 aliphatic rings. The Balaban J connectivity index is 2.15. The number of hydrogen-bond donors (Lipinski definition) is 1. The normalized spacial score (nSPS) is 10.2. The van der Waals surface area contributed by atoms with Crippen molar-refractivity contribution in [2.75, 3.05) is 17.7 Å². The summed E-state index contributed by atoms with van der Waals surface area (Å²) in [5.74, 6) is 0.790. The Morgan fingerprint density at radius 1 is 1.47 bits per heavy atom. The topological polar surface area (TPSA) is 55.3 Å². The van der Waals surface area contributed by atoms with Gasteiger partial charge in [0.25, 0.3) is 0 Å². The van der Waals surface area contributed by atoms with Gasteiger partial charge in [-0.05, 0) is 18.2 Å². The van der Waals surface area contributed by atoms with E-state index in [1.54, 1.807) is 18.7 Å². The number of anilines is 2. The first-order chi connectivity index (χ1) is 7.27. The Labute approximate surface area is 88.3 Å². The van der Waals surface area contributed by atoms with Gasteiger partial charge in [-0.25, -0.2) is 4.98 Å². The van der Waals surface area contributed by atoms with Gasteiger partial charge in [-0.2, -0.15) is 0 Å². The molecule has 2 rings (SSSR count). The van der Waals surface area contributed by atoms with Gasteiger partial charge in [0.2, 0.25) is 0 Å². The first kappa shape index (κ1) is 9.58. The second kappa shape index (κ2) is 4.04. The molecule has 4 heteroatoms. The van der Waals surface area contributed by atoms with Crippen LogP contribution in [0.15, 0.2) is 41.3 Å². The highest BCUT2D eigenvalue weighted by Crippen LogP contribution is 2.19. The molecule has 0 radical (unpaired) electrons. The van der Waals surface area contributed by atoms with Crippen LogP contribution in [0.5, 0.6) is 0 Å². The summed E-state index contributed by atoms with van der Waals surface area (Å²) < 4.78 is 5.00. The number of hydrogen-bond acceptors (Lipinski definition) is 4. The van der Waals surface area contributed by atoms with Crippen LogP contribution < -0.4 is 10.6 Å². The molecule has 2 aromatic rings. The van der Waals surface area contributed by atoms with Crippen LogP contribution in [0.3, 0.4) is 0 Å². The van der Waals surface area contributed by atoms with Gasteiger partial charge in [0.15, 0.2) is 5.82 Å². The number of rotatable bonds is 3. The van der Waals surface area contributed by atoms with E-state index in [0.29, 0.717) is 5.69 Å². The van der Waals surface area contributed by atoms with Crippen LogP contribution >= 0.6 is 0 Å². The molecule has 0 spiro atoms. The predicted molar refractivity (Wildman–Crippen MR) is 59.5 cm³/mol. The maximum Gasteiger partial charge on any atom is 0.151 e. The highest BCUT2D eigenvalue weighted by atomic mass is 16.3. The summed E-state index contributed by atoms with van der Waals surface area (Å²) in [6.07, 6.45) is 5.11. The van der Waals surface area contributed by atoms with Crippen molar-refractivity contribution in [3.05, 3.63) is 42.5 Å². The first-order valence-corrected chi connectivity index (χ1v) is 4.70. The molecule has 0 amide bonds. The Bertz CT molecular complexity index is 425. The highest BCUT2D eigenvalue weighted by Gasteiger charge is 2.06. The summed E-state index contributed by atoms with van der Waals surface area (Å²) in [6, 6.07) is 5.59. The van der Waals surface area contributed by atoms with Crippen LogP contribution in [-0.4, -0.2) is 12.0 Å². The fourth-order valence-corrected chi connectivity index (χ4v) is 1.46. The average molecular weight is 203 g/mol. The van der Waals surface area contributed by atoms with E-state index in [-0.39, 0.29) is 0 Å². The van der Waals surface area contributed by atoms with Crippen molar-refractivity contribution < 1.29 is 4.42 Å². The van der Waals surface area contributed by atoms with Crippen LogP contribution in [0.25, 0.3) is 0 Å². The molecule has 0 aliphatic carbocycles. The van der Waals surface area contributed by atoms with E-state index in [2.05, 4.69) is 4.98 Å². The maximum atomic E-state index is 5.82. The molecule has 0 saturated carbocycles. The van der Waals surface area contributed by atoms with E-state index in [9.17, 15) is 0 Å². The highest BCUT2D eigenvalue weighted by molar-refractivity contribution is 5.61. The molecular weight excluding hydrogens is 190 g/mol. The summed E-state index contributed by atoms with van der Waals surface area (Å²) in [5, 5.41) is 0. The quantitative estimate of drug-likeness (QED) is 0.827. The van der Waals surface area contributed by atoms with Gasteiger partial charge in [-0.1, -0.05) is 0 Å². The number of nitrogen functional groups attached to an aromatic ring is 1. The first-order valence-electron chi connectivity index (χ1n) is 4.70. The standard InChI is InChI=1S/C11H13N3O/c1-14(7-9-4-6-15-8-9)11-10(12)3-2-5-13-11/h2-6,8H,7,12H2,1H3. The fourth-order valence-electron chi connectivity index (χ4n) is 1.46. The summed E-state index contributed by atoms with van der Waals surface area (Å²) in [4.78, 5) is 6.22. The van der Waals surface area contributed by atoms with Crippen LogP contribution in [0.4, 0.5) is 11.5 Å². The maximum absolute atomic E-state index is 5.82. The van der Waals surface area contributed by atoms with Gasteiger partial charge in [0.05, 0.1) is 18.2 Å². The van der Waals surface area contributed by atoms with Crippen molar-refractivity contribution in [1.29, 1.82) is 0 Å². The summed E-state index contributed by atoms with van der Waals surface area (Å²) in [6.45, 7) is 0.734. The van der Waals surface area contributed by atoms with E-state index < -0.39 is 0 Å². The van der Waals surface area contributed by atoms with Gasteiger partial charge in [-0.15, -0.1) is 0 Å². The molecule has 0 aromatic carbocycles. The lowest BCUT2D eigenvalue weighted by Gasteiger charge is -2.18. The Kier molecular flexibility index (Phi) is 2.58. The minimum atomic E-state index is 0.684. The number of nitrogens with two attached hydrogens (primary N) is 1. The minimum Gasteiger partial charge on any atom is -0.472 e. The van der Waals surface area contributed by atoms with E-state index in [1.807, 2.05) is 30.1 Å². The number of aromatic nitrogens is 1. The molecule has 0 atom stereocenters. The van der Waals surface area contributed by atoms with Crippen LogP contribution in [0.1, 0.15) is 5.56 Å². The van der Waals surface area contributed by atoms with Crippen LogP contribution in [0, 0.1) is 0 Å². The Morgan fingerprint density at radius 2 is 2.33 bits per heavy atom.